The van der Waals surface area contributed by atoms with Crippen LogP contribution in [0.3, 0.4) is 0 Å². The molecule has 156 valence electrons. The lowest BCUT2D eigenvalue weighted by molar-refractivity contribution is 0.262. The van der Waals surface area contributed by atoms with Crippen LogP contribution in [0.4, 0.5) is 22.1 Å². The Labute approximate surface area is 180 Å². The van der Waals surface area contributed by atoms with E-state index in [4.69, 9.17) is 5.73 Å². The van der Waals surface area contributed by atoms with Crippen LogP contribution in [0.1, 0.15) is 12.5 Å². The number of benzene rings is 2. The summed E-state index contributed by atoms with van der Waals surface area (Å²) in [5.74, 6) is 0.192. The molecule has 31 heavy (non-hydrogen) atoms. The predicted octanol–water partition coefficient (Wildman–Crippen LogP) is 4.56. The van der Waals surface area contributed by atoms with Crippen molar-refractivity contribution in [3.05, 3.63) is 72.6 Å². The standard InChI is InChI=1S/C23H23N7O/c1-3-30-14-19(21(29-30)20-10-11-25-22(24)28-20)16-7-5-9-18(13-16)27-23(31)26-17-8-4-6-15(2)12-17/h4-14H,3H2,1-2H3,(H2,24,25,28)(H2,26,27,31). The summed E-state index contributed by atoms with van der Waals surface area (Å²) >= 11 is 0. The zero-order valence-corrected chi connectivity index (χ0v) is 17.3. The van der Waals surface area contributed by atoms with Crippen LogP contribution in [-0.4, -0.2) is 25.8 Å². The quantitative estimate of drug-likeness (QED) is 0.444. The van der Waals surface area contributed by atoms with Gasteiger partial charge in [-0.3, -0.25) is 4.68 Å². The van der Waals surface area contributed by atoms with Crippen molar-refractivity contribution in [3.63, 3.8) is 0 Å². The van der Waals surface area contributed by atoms with E-state index in [9.17, 15) is 4.79 Å². The summed E-state index contributed by atoms with van der Waals surface area (Å²) in [7, 11) is 0. The summed E-state index contributed by atoms with van der Waals surface area (Å²) in [5.41, 5.74) is 11.4. The van der Waals surface area contributed by atoms with Gasteiger partial charge < -0.3 is 16.4 Å². The van der Waals surface area contributed by atoms with Crippen LogP contribution in [0, 0.1) is 6.92 Å². The number of hydrogen-bond acceptors (Lipinski definition) is 5. The van der Waals surface area contributed by atoms with E-state index in [0.717, 1.165) is 22.4 Å². The molecule has 0 spiro atoms. The normalized spacial score (nSPS) is 10.6. The number of hydrogen-bond donors (Lipinski definition) is 3. The van der Waals surface area contributed by atoms with Gasteiger partial charge in [-0.15, -0.1) is 0 Å². The Balaban J connectivity index is 1.61. The molecular formula is C23H23N7O. The second-order valence-electron chi connectivity index (χ2n) is 7.08. The molecule has 0 saturated carbocycles. The van der Waals surface area contributed by atoms with Crippen LogP contribution in [0.25, 0.3) is 22.5 Å². The highest BCUT2D eigenvalue weighted by molar-refractivity contribution is 6.00. The molecule has 2 aromatic heterocycles. The van der Waals surface area contributed by atoms with Gasteiger partial charge in [0.05, 0.1) is 5.69 Å². The summed E-state index contributed by atoms with van der Waals surface area (Å²) in [5, 5.41) is 10.4. The molecule has 0 radical (unpaired) electrons. The SMILES string of the molecule is CCn1cc(-c2cccc(NC(=O)Nc3cccc(C)c3)c2)c(-c2ccnc(N)n2)n1. The third-order valence-electron chi connectivity index (χ3n) is 4.71. The molecule has 2 aromatic carbocycles. The van der Waals surface area contributed by atoms with Crippen LogP contribution in [-0.2, 0) is 6.54 Å². The first-order valence-electron chi connectivity index (χ1n) is 9.93. The number of anilines is 3. The predicted molar refractivity (Wildman–Crippen MR) is 123 cm³/mol. The molecule has 0 aliphatic rings. The molecule has 0 unspecified atom stereocenters. The smallest absolute Gasteiger partial charge is 0.323 e. The molecule has 0 aliphatic heterocycles. The van der Waals surface area contributed by atoms with Crippen LogP contribution in [0.2, 0.25) is 0 Å². The maximum Gasteiger partial charge on any atom is 0.323 e. The van der Waals surface area contributed by atoms with E-state index >= 15 is 0 Å². The number of rotatable bonds is 5. The summed E-state index contributed by atoms with van der Waals surface area (Å²) in [6, 6.07) is 16.7. The van der Waals surface area contributed by atoms with E-state index < -0.39 is 0 Å². The van der Waals surface area contributed by atoms with E-state index in [0.29, 0.717) is 23.6 Å². The maximum atomic E-state index is 12.4. The summed E-state index contributed by atoms with van der Waals surface area (Å²) in [4.78, 5) is 20.7. The van der Waals surface area contributed by atoms with E-state index in [1.165, 1.54) is 0 Å². The van der Waals surface area contributed by atoms with Crippen LogP contribution in [0.5, 0.6) is 0 Å². The largest absolute Gasteiger partial charge is 0.368 e. The molecule has 4 aromatic rings. The van der Waals surface area contributed by atoms with Crippen molar-refractivity contribution in [1.82, 2.24) is 19.7 Å². The Hall–Kier alpha value is -4.20. The second-order valence-corrected chi connectivity index (χ2v) is 7.08. The van der Waals surface area contributed by atoms with E-state index in [-0.39, 0.29) is 12.0 Å². The fourth-order valence-corrected chi connectivity index (χ4v) is 3.27. The molecule has 0 saturated heterocycles. The van der Waals surface area contributed by atoms with Crippen molar-refractivity contribution in [2.75, 3.05) is 16.4 Å². The fourth-order valence-electron chi connectivity index (χ4n) is 3.27. The van der Waals surface area contributed by atoms with Gasteiger partial charge in [-0.1, -0.05) is 24.3 Å². The first-order chi connectivity index (χ1) is 15.0. The number of nitrogen functional groups attached to an aromatic ring is 1. The van der Waals surface area contributed by atoms with Gasteiger partial charge in [0.2, 0.25) is 5.95 Å². The average molecular weight is 413 g/mol. The number of amides is 2. The highest BCUT2D eigenvalue weighted by Crippen LogP contribution is 2.31. The molecule has 4 rings (SSSR count). The Kier molecular flexibility index (Phi) is 5.61. The van der Waals surface area contributed by atoms with Gasteiger partial charge >= 0.3 is 6.03 Å². The fraction of sp³-hybridized carbons (Fsp3) is 0.130. The lowest BCUT2D eigenvalue weighted by Crippen LogP contribution is -2.19. The molecule has 0 bridgehead atoms. The second kappa shape index (κ2) is 8.66. The minimum atomic E-state index is -0.309. The number of nitrogens with one attached hydrogen (secondary N) is 2. The Morgan fingerprint density at radius 1 is 1.06 bits per heavy atom. The number of nitrogens with two attached hydrogens (primary N) is 1. The number of carbonyl (C=O) groups excluding carboxylic acids is 1. The highest BCUT2D eigenvalue weighted by atomic mass is 16.2. The molecule has 2 heterocycles. The van der Waals surface area contributed by atoms with Gasteiger partial charge in [-0.2, -0.15) is 5.10 Å². The maximum absolute atomic E-state index is 12.4. The van der Waals surface area contributed by atoms with Gasteiger partial charge in [-0.25, -0.2) is 14.8 Å². The molecule has 8 nitrogen and oxygen atoms in total. The lowest BCUT2D eigenvalue weighted by atomic mass is 10.0. The van der Waals surface area contributed by atoms with Gasteiger partial charge in [-0.05, 0) is 55.3 Å². The molecule has 8 heteroatoms. The number of aryl methyl sites for hydroxylation is 2. The van der Waals surface area contributed by atoms with Crippen molar-refractivity contribution in [2.45, 2.75) is 20.4 Å². The summed E-state index contributed by atoms with van der Waals surface area (Å²) < 4.78 is 1.84. The van der Waals surface area contributed by atoms with Crippen molar-refractivity contribution in [3.8, 4) is 22.5 Å². The lowest BCUT2D eigenvalue weighted by Gasteiger charge is -2.10. The van der Waals surface area contributed by atoms with Gasteiger partial charge in [0.1, 0.15) is 5.69 Å². The third kappa shape index (κ3) is 4.69. The molecular weight excluding hydrogens is 390 g/mol. The molecule has 0 atom stereocenters. The van der Waals surface area contributed by atoms with Crippen molar-refractivity contribution in [2.24, 2.45) is 0 Å². The first kappa shape index (κ1) is 20.1. The monoisotopic (exact) mass is 413 g/mol. The zero-order valence-electron chi connectivity index (χ0n) is 17.3. The minimum Gasteiger partial charge on any atom is -0.368 e. The molecule has 0 fully saturated rings. The van der Waals surface area contributed by atoms with Crippen LogP contribution >= 0.6 is 0 Å². The molecule has 0 aliphatic carbocycles. The topological polar surface area (TPSA) is 111 Å². The summed E-state index contributed by atoms with van der Waals surface area (Å²) in [6.07, 6.45) is 3.57. The third-order valence-corrected chi connectivity index (χ3v) is 4.71. The Morgan fingerprint density at radius 3 is 2.52 bits per heavy atom. The zero-order chi connectivity index (χ0) is 21.8. The molecule has 2 amide bonds. The minimum absolute atomic E-state index is 0.192. The van der Waals surface area contributed by atoms with Crippen LogP contribution in [0.15, 0.2) is 67.0 Å². The van der Waals surface area contributed by atoms with Gasteiger partial charge in [0, 0.05) is 35.9 Å². The Morgan fingerprint density at radius 2 is 1.81 bits per heavy atom. The number of urea groups is 1. The summed E-state index contributed by atoms with van der Waals surface area (Å²) in [6.45, 7) is 4.71. The van der Waals surface area contributed by atoms with E-state index in [1.807, 2.05) is 73.3 Å². The molecule has 4 N–H and O–H groups in total. The van der Waals surface area contributed by atoms with E-state index in [1.54, 1.807) is 12.3 Å². The van der Waals surface area contributed by atoms with Crippen molar-refractivity contribution in [1.29, 1.82) is 0 Å². The van der Waals surface area contributed by atoms with Crippen molar-refractivity contribution >= 4 is 23.4 Å². The van der Waals surface area contributed by atoms with Gasteiger partial charge in [0.25, 0.3) is 0 Å². The highest BCUT2D eigenvalue weighted by Gasteiger charge is 2.15. The number of carbonyl (C=O) groups is 1. The Bertz CT molecular complexity index is 1230. The first-order valence-corrected chi connectivity index (χ1v) is 9.93. The number of aromatic nitrogens is 4. The van der Waals surface area contributed by atoms with Gasteiger partial charge in [0.15, 0.2) is 0 Å². The van der Waals surface area contributed by atoms with E-state index in [2.05, 4.69) is 25.7 Å². The van der Waals surface area contributed by atoms with Crippen molar-refractivity contribution < 1.29 is 4.79 Å². The van der Waals surface area contributed by atoms with Crippen LogP contribution < -0.4 is 16.4 Å². The average Bonchev–Trinajstić information content (AvgIpc) is 3.18. The number of nitrogens with zero attached hydrogens (tertiary/aromatic N) is 4.